The topological polar surface area (TPSA) is 57.6 Å². The normalized spacial score (nSPS) is 16.9. The maximum atomic E-state index is 13.7. The summed E-state index contributed by atoms with van der Waals surface area (Å²) in [5.74, 6) is 0.483. The van der Waals surface area contributed by atoms with Crippen LogP contribution < -0.4 is 9.47 Å². The van der Waals surface area contributed by atoms with E-state index in [1.165, 1.54) is 12.1 Å². The van der Waals surface area contributed by atoms with E-state index in [-0.39, 0.29) is 5.56 Å². The second-order valence-electron chi connectivity index (χ2n) is 9.47. The molecule has 0 bridgehead atoms. The number of hydrogen-bond donors (Lipinski definition) is 0. The van der Waals surface area contributed by atoms with Crippen molar-refractivity contribution in [3.05, 3.63) is 106 Å². The van der Waals surface area contributed by atoms with Gasteiger partial charge in [-0.15, -0.1) is 13.2 Å². The summed E-state index contributed by atoms with van der Waals surface area (Å²) in [5.41, 5.74) is 2.76. The van der Waals surface area contributed by atoms with Gasteiger partial charge >= 0.3 is 6.36 Å². The number of rotatable bonds is 8. The molecule has 0 N–H and O–H groups in total. The number of carbonyl (C=O) groups is 1. The van der Waals surface area contributed by atoms with Crippen LogP contribution in [0, 0.1) is 0 Å². The lowest BCUT2D eigenvalue weighted by molar-refractivity contribution is -0.274. The molecule has 0 saturated heterocycles. The summed E-state index contributed by atoms with van der Waals surface area (Å²) in [4.78, 5) is 24.4. The third kappa shape index (κ3) is 6.17. The fourth-order valence-electron chi connectivity index (χ4n) is 4.71. The molecule has 208 valence electrons. The SMILES string of the molecule is COc1ccc(CN2C=C3C(=NC(C(=O)c4cccc(OC(F)(F)F)c4)N3Cc3ccc(Cl)cc3)N(C)C2)cc1. The lowest BCUT2D eigenvalue weighted by Crippen LogP contribution is -2.44. The highest BCUT2D eigenvalue weighted by molar-refractivity contribution is 6.30. The predicted molar refractivity (Wildman–Crippen MR) is 145 cm³/mol. The first-order valence-electron chi connectivity index (χ1n) is 12.4. The van der Waals surface area contributed by atoms with E-state index < -0.39 is 24.1 Å². The molecule has 40 heavy (non-hydrogen) atoms. The number of Topliss-reactive ketones (excluding diaryl/α,β-unsaturated/α-hetero) is 1. The summed E-state index contributed by atoms with van der Waals surface area (Å²) in [7, 11) is 3.50. The first-order chi connectivity index (χ1) is 19.1. The molecule has 2 heterocycles. The lowest BCUT2D eigenvalue weighted by Gasteiger charge is -2.36. The summed E-state index contributed by atoms with van der Waals surface area (Å²) in [6.07, 6.45) is -3.89. The van der Waals surface area contributed by atoms with Crippen molar-refractivity contribution in [2.75, 3.05) is 20.8 Å². The lowest BCUT2D eigenvalue weighted by atomic mass is 10.1. The van der Waals surface area contributed by atoms with E-state index in [9.17, 15) is 18.0 Å². The largest absolute Gasteiger partial charge is 0.573 e. The van der Waals surface area contributed by atoms with Gasteiger partial charge in [-0.3, -0.25) is 4.79 Å². The molecule has 0 radical (unpaired) electrons. The Morgan fingerprint density at radius 3 is 2.35 bits per heavy atom. The molecule has 11 heteroatoms. The number of halogens is 4. The smallest absolute Gasteiger partial charge is 0.497 e. The van der Waals surface area contributed by atoms with Gasteiger partial charge in [0.05, 0.1) is 19.5 Å². The van der Waals surface area contributed by atoms with Crippen LogP contribution in [0.1, 0.15) is 21.5 Å². The Kier molecular flexibility index (Phi) is 7.62. The number of ether oxygens (including phenoxy) is 2. The third-order valence-corrected chi connectivity index (χ3v) is 6.79. The number of carbonyl (C=O) groups excluding carboxylic acids is 1. The van der Waals surface area contributed by atoms with Crippen LogP contribution in [0.25, 0.3) is 0 Å². The van der Waals surface area contributed by atoms with Crippen molar-refractivity contribution in [1.82, 2.24) is 14.7 Å². The third-order valence-electron chi connectivity index (χ3n) is 6.54. The number of hydrogen-bond acceptors (Lipinski definition) is 7. The number of methoxy groups -OCH3 is 1. The minimum atomic E-state index is -4.87. The van der Waals surface area contributed by atoms with Gasteiger partial charge in [-0.1, -0.05) is 48.0 Å². The molecule has 3 aromatic rings. The highest BCUT2D eigenvalue weighted by atomic mass is 35.5. The minimum absolute atomic E-state index is 0.0641. The molecule has 3 aromatic carbocycles. The van der Waals surface area contributed by atoms with Gasteiger partial charge in [-0.05, 0) is 47.5 Å². The fraction of sp³-hybridized carbons (Fsp3) is 0.241. The molecular weight excluding hydrogens is 545 g/mol. The van der Waals surface area contributed by atoms with Crippen LogP contribution in [-0.4, -0.2) is 59.7 Å². The maximum absolute atomic E-state index is 13.7. The molecule has 2 aliphatic rings. The number of ketones is 1. The Bertz CT molecular complexity index is 1440. The summed E-state index contributed by atoms with van der Waals surface area (Å²) in [6, 6.07) is 20.1. The summed E-state index contributed by atoms with van der Waals surface area (Å²) >= 11 is 6.08. The van der Waals surface area contributed by atoms with Gasteiger partial charge in [0.15, 0.2) is 12.0 Å². The van der Waals surface area contributed by atoms with E-state index in [4.69, 9.17) is 21.3 Å². The quantitative estimate of drug-likeness (QED) is 0.314. The summed E-state index contributed by atoms with van der Waals surface area (Å²) in [6.45, 7) is 1.46. The van der Waals surface area contributed by atoms with Gasteiger partial charge in [0.2, 0.25) is 5.78 Å². The first kappa shape index (κ1) is 27.4. The average Bonchev–Trinajstić information content (AvgIpc) is 3.27. The highest BCUT2D eigenvalue weighted by Gasteiger charge is 2.40. The maximum Gasteiger partial charge on any atom is 0.573 e. The van der Waals surface area contributed by atoms with Crippen molar-refractivity contribution in [2.45, 2.75) is 25.6 Å². The van der Waals surface area contributed by atoms with E-state index in [0.29, 0.717) is 30.6 Å². The Hall–Kier alpha value is -4.18. The van der Waals surface area contributed by atoms with E-state index in [1.807, 2.05) is 59.4 Å². The Morgan fingerprint density at radius 1 is 1.00 bits per heavy atom. The number of amidine groups is 1. The van der Waals surface area contributed by atoms with E-state index >= 15 is 0 Å². The highest BCUT2D eigenvalue weighted by Crippen LogP contribution is 2.32. The number of likely N-dealkylation sites (N-methyl/N-ethyl adjacent to an activating group) is 1. The number of nitrogens with zero attached hydrogens (tertiary/aromatic N) is 4. The molecule has 0 amide bonds. The summed E-state index contributed by atoms with van der Waals surface area (Å²) in [5, 5.41) is 0.582. The molecule has 0 aliphatic carbocycles. The second kappa shape index (κ2) is 11.1. The van der Waals surface area contributed by atoms with Crippen LogP contribution in [0.2, 0.25) is 5.02 Å². The van der Waals surface area contributed by atoms with Crippen molar-refractivity contribution in [1.29, 1.82) is 0 Å². The van der Waals surface area contributed by atoms with Crippen LogP contribution >= 0.6 is 11.6 Å². The molecule has 7 nitrogen and oxygen atoms in total. The van der Waals surface area contributed by atoms with Crippen LogP contribution in [0.15, 0.2) is 89.7 Å². The standard InChI is InChI=1S/C29H26ClF3N4O3/c1-35-18-36(15-19-8-12-23(39-2)13-9-19)17-25-27(35)34-28(37(25)16-20-6-10-22(30)11-7-20)26(38)21-4-3-5-24(14-21)40-29(31,32)33/h3-14,17,28H,15-16,18H2,1-2H3. The predicted octanol–water partition coefficient (Wildman–Crippen LogP) is 5.92. The van der Waals surface area contributed by atoms with Gasteiger partial charge in [-0.2, -0.15) is 0 Å². The number of aliphatic imine (C=N–C) groups is 1. The monoisotopic (exact) mass is 570 g/mol. The van der Waals surface area contributed by atoms with E-state index in [1.54, 1.807) is 19.2 Å². The van der Waals surface area contributed by atoms with Crippen LogP contribution in [0.4, 0.5) is 13.2 Å². The summed E-state index contributed by atoms with van der Waals surface area (Å²) < 4.78 is 47.7. The van der Waals surface area contributed by atoms with Crippen LogP contribution in [0.3, 0.4) is 0 Å². The minimum Gasteiger partial charge on any atom is -0.497 e. The Balaban J connectivity index is 1.47. The molecule has 0 spiro atoms. The first-order valence-corrected chi connectivity index (χ1v) is 12.8. The zero-order valence-corrected chi connectivity index (χ0v) is 22.5. The molecule has 5 rings (SSSR count). The van der Waals surface area contributed by atoms with Gasteiger partial charge in [0.1, 0.15) is 11.5 Å². The average molecular weight is 571 g/mol. The van der Waals surface area contributed by atoms with Gasteiger partial charge in [-0.25, -0.2) is 4.99 Å². The zero-order valence-electron chi connectivity index (χ0n) is 21.7. The van der Waals surface area contributed by atoms with Crippen molar-refractivity contribution < 1.29 is 27.4 Å². The molecule has 0 aromatic heterocycles. The number of alkyl halides is 3. The van der Waals surface area contributed by atoms with E-state index in [0.717, 1.165) is 34.7 Å². The molecule has 2 aliphatic heterocycles. The van der Waals surface area contributed by atoms with Crippen LogP contribution in [0.5, 0.6) is 11.5 Å². The van der Waals surface area contributed by atoms with Crippen LogP contribution in [-0.2, 0) is 13.1 Å². The van der Waals surface area contributed by atoms with Gasteiger partial charge in [0.25, 0.3) is 0 Å². The Morgan fingerprint density at radius 2 is 1.68 bits per heavy atom. The number of benzene rings is 3. The van der Waals surface area contributed by atoms with Crippen molar-refractivity contribution in [2.24, 2.45) is 4.99 Å². The molecule has 0 saturated carbocycles. The zero-order chi connectivity index (χ0) is 28.4. The van der Waals surface area contributed by atoms with Crippen molar-refractivity contribution >= 4 is 23.2 Å². The molecule has 1 unspecified atom stereocenters. The van der Waals surface area contributed by atoms with Crippen molar-refractivity contribution in [3.8, 4) is 11.5 Å². The molecule has 1 atom stereocenters. The fourth-order valence-corrected chi connectivity index (χ4v) is 4.83. The van der Waals surface area contributed by atoms with Crippen molar-refractivity contribution in [3.63, 3.8) is 0 Å². The van der Waals surface area contributed by atoms with Gasteiger partial charge in [0, 0.05) is 36.9 Å². The molecular formula is C29H26ClF3N4O3. The van der Waals surface area contributed by atoms with E-state index in [2.05, 4.69) is 9.64 Å². The second-order valence-corrected chi connectivity index (χ2v) is 9.91. The molecule has 0 fully saturated rings. The van der Waals surface area contributed by atoms with Gasteiger partial charge < -0.3 is 24.2 Å². The Labute approximate surface area is 234 Å². The number of fused-ring (bicyclic) bond motifs is 1.